The minimum atomic E-state index is -0.136. The van der Waals surface area contributed by atoms with E-state index in [0.29, 0.717) is 24.3 Å². The second kappa shape index (κ2) is 11.5. The highest BCUT2D eigenvalue weighted by Crippen LogP contribution is 2.32. The monoisotopic (exact) mass is 457 g/mol. The Morgan fingerprint density at radius 2 is 1.53 bits per heavy atom. The number of anilines is 2. The van der Waals surface area contributed by atoms with E-state index in [0.717, 1.165) is 6.42 Å². The van der Waals surface area contributed by atoms with E-state index in [9.17, 15) is 9.59 Å². The van der Waals surface area contributed by atoms with Crippen molar-refractivity contribution in [3.8, 4) is 0 Å². The molecule has 3 aromatic carbocycles. The van der Waals surface area contributed by atoms with E-state index in [4.69, 9.17) is 0 Å². The first-order valence-corrected chi connectivity index (χ1v) is 11.8. The molecule has 2 N–H and O–H groups in total. The number of hydrogen-bond donors (Lipinski definition) is 2. The van der Waals surface area contributed by atoms with Crippen LogP contribution in [-0.4, -0.2) is 24.9 Å². The van der Waals surface area contributed by atoms with Crippen LogP contribution in [-0.2, 0) is 4.79 Å². The quantitative estimate of drug-likeness (QED) is 0.417. The lowest BCUT2D eigenvalue weighted by Gasteiger charge is -2.35. The maximum Gasteiger partial charge on any atom is 0.251 e. The van der Waals surface area contributed by atoms with Gasteiger partial charge in [0.25, 0.3) is 5.91 Å². The predicted molar refractivity (Wildman–Crippen MR) is 141 cm³/mol. The second-order valence-corrected chi connectivity index (χ2v) is 8.83. The molecule has 0 aliphatic carbocycles. The molecule has 0 saturated heterocycles. The lowest BCUT2D eigenvalue weighted by Crippen LogP contribution is -2.37. The fraction of sp³-hybridized carbons (Fsp3) is 0.310. The Kier molecular flexibility index (Phi) is 8.47. The van der Waals surface area contributed by atoms with Crippen molar-refractivity contribution in [2.75, 3.05) is 23.3 Å². The lowest BCUT2D eigenvalue weighted by molar-refractivity contribution is -0.114. The molecule has 0 aromatic heterocycles. The Labute approximate surface area is 203 Å². The molecule has 34 heavy (non-hydrogen) atoms. The molecule has 0 aliphatic rings. The van der Waals surface area contributed by atoms with Crippen molar-refractivity contribution in [1.82, 2.24) is 5.32 Å². The molecule has 0 spiro atoms. The first-order chi connectivity index (χ1) is 16.3. The second-order valence-electron chi connectivity index (χ2n) is 8.83. The number of carbonyl (C=O) groups excluding carboxylic acids is 2. The predicted octanol–water partition coefficient (Wildman–Crippen LogP) is 5.96. The SMILES string of the molecule is CCC(c1ccc(C)cc1)N(CCNC(=O)c1ccc(NC(C)=O)cc1)c1ccc(C)cc1C. The first kappa shape index (κ1) is 25.0. The molecule has 1 atom stereocenters. The Balaban J connectivity index is 1.76. The van der Waals surface area contributed by atoms with Crippen LogP contribution in [0.5, 0.6) is 0 Å². The average Bonchev–Trinajstić information content (AvgIpc) is 2.80. The van der Waals surface area contributed by atoms with Crippen molar-refractivity contribution in [3.63, 3.8) is 0 Å². The van der Waals surface area contributed by atoms with Crippen molar-refractivity contribution in [1.29, 1.82) is 0 Å². The summed E-state index contributed by atoms with van der Waals surface area (Å²) in [5.74, 6) is -0.263. The molecule has 2 amide bonds. The summed E-state index contributed by atoms with van der Waals surface area (Å²) in [6.07, 6.45) is 0.953. The Bertz CT molecular complexity index is 1120. The maximum atomic E-state index is 12.7. The van der Waals surface area contributed by atoms with Crippen molar-refractivity contribution >= 4 is 23.2 Å². The van der Waals surface area contributed by atoms with Gasteiger partial charge in [0, 0.05) is 37.0 Å². The summed E-state index contributed by atoms with van der Waals surface area (Å²) in [5.41, 5.74) is 7.41. The van der Waals surface area contributed by atoms with Crippen LogP contribution in [0.3, 0.4) is 0 Å². The Morgan fingerprint density at radius 3 is 2.12 bits per heavy atom. The van der Waals surface area contributed by atoms with Gasteiger partial charge in [0.1, 0.15) is 0 Å². The van der Waals surface area contributed by atoms with Crippen LogP contribution in [0, 0.1) is 20.8 Å². The third-order valence-electron chi connectivity index (χ3n) is 5.99. The van der Waals surface area contributed by atoms with Gasteiger partial charge in [0.15, 0.2) is 0 Å². The number of nitrogens with one attached hydrogen (secondary N) is 2. The molecular formula is C29H35N3O2. The van der Waals surface area contributed by atoms with Crippen LogP contribution >= 0.6 is 0 Å². The molecule has 5 nitrogen and oxygen atoms in total. The van der Waals surface area contributed by atoms with Gasteiger partial charge in [-0.05, 0) is 68.7 Å². The van der Waals surface area contributed by atoms with Gasteiger partial charge in [0.05, 0.1) is 6.04 Å². The number of hydrogen-bond acceptors (Lipinski definition) is 3. The maximum absolute atomic E-state index is 12.7. The minimum absolute atomic E-state index is 0.127. The summed E-state index contributed by atoms with van der Waals surface area (Å²) in [7, 11) is 0. The van der Waals surface area contributed by atoms with Gasteiger partial charge >= 0.3 is 0 Å². The normalized spacial score (nSPS) is 11.6. The van der Waals surface area contributed by atoms with Crippen molar-refractivity contribution in [3.05, 3.63) is 94.5 Å². The van der Waals surface area contributed by atoms with E-state index < -0.39 is 0 Å². The van der Waals surface area contributed by atoms with Gasteiger partial charge in [0.2, 0.25) is 5.91 Å². The minimum Gasteiger partial charge on any atom is -0.363 e. The molecule has 0 bridgehead atoms. The summed E-state index contributed by atoms with van der Waals surface area (Å²) in [6, 6.07) is 22.4. The molecule has 0 saturated carbocycles. The van der Waals surface area contributed by atoms with Crippen LogP contribution < -0.4 is 15.5 Å². The number of rotatable bonds is 9. The van der Waals surface area contributed by atoms with E-state index in [2.05, 4.69) is 85.7 Å². The molecule has 0 radical (unpaired) electrons. The smallest absolute Gasteiger partial charge is 0.251 e. The van der Waals surface area contributed by atoms with Crippen molar-refractivity contribution < 1.29 is 9.59 Å². The number of benzene rings is 3. The zero-order valence-electron chi connectivity index (χ0n) is 20.8. The highest BCUT2D eigenvalue weighted by Gasteiger charge is 2.21. The molecule has 1 unspecified atom stereocenters. The van der Waals surface area contributed by atoms with Crippen LogP contribution in [0.1, 0.15) is 58.9 Å². The third-order valence-corrected chi connectivity index (χ3v) is 5.99. The summed E-state index contributed by atoms with van der Waals surface area (Å²) >= 11 is 0. The first-order valence-electron chi connectivity index (χ1n) is 11.8. The zero-order chi connectivity index (χ0) is 24.7. The van der Waals surface area contributed by atoms with Crippen LogP contribution in [0.25, 0.3) is 0 Å². The molecule has 0 fully saturated rings. The van der Waals surface area contributed by atoms with Crippen molar-refractivity contribution in [2.24, 2.45) is 0 Å². The topological polar surface area (TPSA) is 61.4 Å². The van der Waals surface area contributed by atoms with Crippen molar-refractivity contribution in [2.45, 2.75) is 47.1 Å². The van der Waals surface area contributed by atoms with Gasteiger partial charge < -0.3 is 15.5 Å². The molecule has 178 valence electrons. The van der Waals surface area contributed by atoms with Gasteiger partial charge in [-0.1, -0.05) is 54.4 Å². The highest BCUT2D eigenvalue weighted by molar-refractivity contribution is 5.95. The van der Waals surface area contributed by atoms with Gasteiger partial charge in [-0.3, -0.25) is 9.59 Å². The van der Waals surface area contributed by atoms with Gasteiger partial charge in [-0.15, -0.1) is 0 Å². The highest BCUT2D eigenvalue weighted by atomic mass is 16.2. The standard InChI is InChI=1S/C29H35N3O2/c1-6-27(24-10-7-20(2)8-11-24)32(28-16-9-21(3)19-22(28)4)18-17-30-29(34)25-12-14-26(15-13-25)31-23(5)33/h7-16,19,27H,6,17-18H2,1-5H3,(H,30,34)(H,31,33). The van der Waals surface area contributed by atoms with E-state index in [1.807, 2.05) is 0 Å². The molecular weight excluding hydrogens is 422 g/mol. The fourth-order valence-electron chi connectivity index (χ4n) is 4.30. The van der Waals surface area contributed by atoms with E-state index in [1.54, 1.807) is 24.3 Å². The molecule has 0 aliphatic heterocycles. The molecule has 0 heterocycles. The van der Waals surface area contributed by atoms with E-state index in [1.165, 1.54) is 34.9 Å². The largest absolute Gasteiger partial charge is 0.363 e. The Morgan fingerprint density at radius 1 is 0.882 bits per heavy atom. The molecule has 3 aromatic rings. The average molecular weight is 458 g/mol. The number of aryl methyl sites for hydroxylation is 3. The third kappa shape index (κ3) is 6.47. The van der Waals surface area contributed by atoms with Gasteiger partial charge in [-0.25, -0.2) is 0 Å². The lowest BCUT2D eigenvalue weighted by atomic mass is 9.99. The number of nitrogens with zero attached hydrogens (tertiary/aromatic N) is 1. The zero-order valence-corrected chi connectivity index (χ0v) is 20.8. The molecule has 5 heteroatoms. The summed E-state index contributed by atoms with van der Waals surface area (Å²) in [6.45, 7) is 11.2. The van der Waals surface area contributed by atoms with E-state index in [-0.39, 0.29) is 17.9 Å². The van der Waals surface area contributed by atoms with Gasteiger partial charge in [-0.2, -0.15) is 0 Å². The van der Waals surface area contributed by atoms with Crippen LogP contribution in [0.4, 0.5) is 11.4 Å². The van der Waals surface area contributed by atoms with Crippen LogP contribution in [0.15, 0.2) is 66.7 Å². The molecule has 3 rings (SSSR count). The van der Waals surface area contributed by atoms with Crippen LogP contribution in [0.2, 0.25) is 0 Å². The summed E-state index contributed by atoms with van der Waals surface area (Å²) < 4.78 is 0. The summed E-state index contributed by atoms with van der Waals surface area (Å²) in [4.78, 5) is 26.3. The fourth-order valence-corrected chi connectivity index (χ4v) is 4.30. The number of carbonyl (C=O) groups is 2. The Hall–Kier alpha value is -3.60. The summed E-state index contributed by atoms with van der Waals surface area (Å²) in [5, 5.41) is 5.78. The number of amides is 2. The van der Waals surface area contributed by atoms with E-state index >= 15 is 0 Å².